The molecule has 0 fully saturated rings. The highest BCUT2D eigenvalue weighted by Crippen LogP contribution is 2.35. The van der Waals surface area contributed by atoms with Crippen LogP contribution in [0.1, 0.15) is 5.56 Å². The first-order chi connectivity index (χ1) is 11.7. The van der Waals surface area contributed by atoms with Crippen molar-refractivity contribution in [1.82, 2.24) is 14.3 Å². The number of nitrogens with one attached hydrogen (secondary N) is 1. The van der Waals surface area contributed by atoms with Crippen molar-refractivity contribution in [3.8, 4) is 0 Å². The molecule has 0 spiro atoms. The monoisotopic (exact) mass is 384 g/mol. The third kappa shape index (κ3) is 2.89. The van der Waals surface area contributed by atoms with Crippen molar-refractivity contribution < 1.29 is 22.7 Å². The predicted molar refractivity (Wildman–Crippen MR) is 86.6 cm³/mol. The second-order valence-electron chi connectivity index (χ2n) is 4.99. The number of aliphatic hydroxyl groups is 1. The van der Waals surface area contributed by atoms with Crippen molar-refractivity contribution in [3.63, 3.8) is 0 Å². The number of fused-ring (bicyclic) bond motifs is 1. The lowest BCUT2D eigenvalue weighted by Crippen LogP contribution is -2.37. The standard InChI is InChI=1S/C14H10ClFN4O4S/c1-20-12(14(22)19-11-6-17-5-10(15)18-11)13(21)8-3-2-7(16)4-9(8)25(20,23)24/h2-6,21H,1H3,(H,18,19,22). The van der Waals surface area contributed by atoms with E-state index in [0.717, 1.165) is 25.2 Å². The van der Waals surface area contributed by atoms with Gasteiger partial charge in [-0.05, 0) is 18.2 Å². The summed E-state index contributed by atoms with van der Waals surface area (Å²) < 4.78 is 39.0. The number of carbonyl (C=O) groups excluding carboxylic acids is 1. The summed E-state index contributed by atoms with van der Waals surface area (Å²) in [7, 11) is -3.15. The van der Waals surface area contributed by atoms with Gasteiger partial charge in [-0.3, -0.25) is 14.1 Å². The predicted octanol–water partition coefficient (Wildman–Crippen LogP) is 1.77. The fourth-order valence-corrected chi connectivity index (χ4v) is 3.83. The molecule has 1 aromatic heterocycles. The molecular formula is C14H10ClFN4O4S. The van der Waals surface area contributed by atoms with Crippen LogP contribution >= 0.6 is 11.6 Å². The van der Waals surface area contributed by atoms with E-state index in [1.54, 1.807) is 0 Å². The summed E-state index contributed by atoms with van der Waals surface area (Å²) in [5, 5.41) is 12.7. The molecule has 0 saturated heterocycles. The van der Waals surface area contributed by atoms with Gasteiger partial charge < -0.3 is 10.4 Å². The highest BCUT2D eigenvalue weighted by Gasteiger charge is 2.38. The van der Waals surface area contributed by atoms with Crippen LogP contribution in [0, 0.1) is 5.82 Å². The van der Waals surface area contributed by atoms with E-state index >= 15 is 0 Å². The minimum atomic E-state index is -4.22. The molecule has 0 atom stereocenters. The maximum absolute atomic E-state index is 13.4. The van der Waals surface area contributed by atoms with Crippen LogP contribution < -0.4 is 5.32 Å². The quantitative estimate of drug-likeness (QED) is 0.816. The minimum Gasteiger partial charge on any atom is -0.505 e. The molecule has 11 heteroatoms. The third-order valence-corrected chi connectivity index (χ3v) is 5.42. The molecule has 0 bridgehead atoms. The van der Waals surface area contributed by atoms with E-state index < -0.39 is 38.1 Å². The molecule has 2 aromatic rings. The number of aliphatic hydroxyl groups excluding tert-OH is 1. The van der Waals surface area contributed by atoms with Crippen LogP contribution in [0.2, 0.25) is 5.15 Å². The maximum Gasteiger partial charge on any atom is 0.278 e. The summed E-state index contributed by atoms with van der Waals surface area (Å²) in [4.78, 5) is 19.5. The molecule has 1 aromatic carbocycles. The number of likely N-dealkylation sites (N-methyl/N-ethyl adjacent to an activating group) is 1. The Morgan fingerprint density at radius 1 is 1.36 bits per heavy atom. The third-order valence-electron chi connectivity index (χ3n) is 3.44. The number of benzene rings is 1. The molecule has 0 saturated carbocycles. The zero-order valence-corrected chi connectivity index (χ0v) is 14.1. The second kappa shape index (κ2) is 5.97. The van der Waals surface area contributed by atoms with Crippen LogP contribution in [-0.4, -0.2) is 40.8 Å². The van der Waals surface area contributed by atoms with E-state index in [9.17, 15) is 22.7 Å². The molecule has 130 valence electrons. The summed E-state index contributed by atoms with van der Waals surface area (Å²) in [6.07, 6.45) is 2.44. The number of amides is 1. The smallest absolute Gasteiger partial charge is 0.278 e. The second-order valence-corrected chi connectivity index (χ2v) is 7.32. The highest BCUT2D eigenvalue weighted by atomic mass is 35.5. The van der Waals surface area contributed by atoms with Gasteiger partial charge in [0, 0.05) is 12.6 Å². The number of halogens is 2. The Morgan fingerprint density at radius 3 is 2.76 bits per heavy atom. The van der Waals surface area contributed by atoms with Crippen LogP contribution in [0.3, 0.4) is 0 Å². The van der Waals surface area contributed by atoms with Crippen molar-refractivity contribution in [3.05, 3.63) is 52.8 Å². The molecule has 8 nitrogen and oxygen atoms in total. The summed E-state index contributed by atoms with van der Waals surface area (Å²) >= 11 is 5.67. The molecule has 1 aliphatic rings. The number of rotatable bonds is 2. The van der Waals surface area contributed by atoms with Crippen LogP contribution in [0.15, 0.2) is 41.2 Å². The van der Waals surface area contributed by atoms with Gasteiger partial charge in [0.1, 0.15) is 15.9 Å². The summed E-state index contributed by atoms with van der Waals surface area (Å²) in [6, 6.07) is 2.83. The molecule has 0 radical (unpaired) electrons. The number of hydrogen-bond donors (Lipinski definition) is 2. The molecule has 0 aliphatic carbocycles. The first kappa shape index (κ1) is 17.1. The minimum absolute atomic E-state index is 0.0152. The average molecular weight is 385 g/mol. The van der Waals surface area contributed by atoms with Gasteiger partial charge >= 0.3 is 0 Å². The van der Waals surface area contributed by atoms with E-state index in [1.807, 2.05) is 0 Å². The zero-order valence-electron chi connectivity index (χ0n) is 12.6. The van der Waals surface area contributed by atoms with Gasteiger partial charge in [0.2, 0.25) is 0 Å². The lowest BCUT2D eigenvalue weighted by Gasteiger charge is -2.28. The Balaban J connectivity index is 2.10. The van der Waals surface area contributed by atoms with Gasteiger partial charge in [-0.2, -0.15) is 0 Å². The SMILES string of the molecule is CN1C(C(=O)Nc2cncc(Cl)n2)=C(O)c2ccc(F)cc2S1(=O)=O. The molecule has 3 rings (SSSR count). The Morgan fingerprint density at radius 2 is 2.08 bits per heavy atom. The lowest BCUT2D eigenvalue weighted by molar-refractivity contribution is -0.113. The van der Waals surface area contributed by atoms with Gasteiger partial charge in [0.25, 0.3) is 15.9 Å². The van der Waals surface area contributed by atoms with Crippen molar-refractivity contribution in [2.24, 2.45) is 0 Å². The number of anilines is 1. The Hall–Kier alpha value is -2.72. The fourth-order valence-electron chi connectivity index (χ4n) is 2.28. The van der Waals surface area contributed by atoms with Crippen LogP contribution in [0.5, 0.6) is 0 Å². The van der Waals surface area contributed by atoms with Crippen molar-refractivity contribution in [2.45, 2.75) is 4.90 Å². The number of sulfonamides is 1. The molecular weight excluding hydrogens is 375 g/mol. The Labute approximate surface area is 146 Å². The van der Waals surface area contributed by atoms with Gasteiger partial charge in [-0.25, -0.2) is 17.8 Å². The first-order valence-electron chi connectivity index (χ1n) is 6.73. The summed E-state index contributed by atoms with van der Waals surface area (Å²) in [6.45, 7) is 0. The number of carbonyl (C=O) groups is 1. The van der Waals surface area contributed by atoms with Crippen molar-refractivity contribution in [2.75, 3.05) is 12.4 Å². The molecule has 1 amide bonds. The summed E-state index contributed by atoms with van der Waals surface area (Å²) in [5.41, 5.74) is -0.720. The van der Waals surface area contributed by atoms with Gasteiger partial charge in [0.05, 0.1) is 12.4 Å². The Kier molecular flexibility index (Phi) is 4.09. The van der Waals surface area contributed by atoms with Gasteiger partial charge in [0.15, 0.2) is 17.3 Å². The lowest BCUT2D eigenvalue weighted by atomic mass is 10.1. The summed E-state index contributed by atoms with van der Waals surface area (Å²) in [5.74, 6) is -2.38. The first-order valence-corrected chi connectivity index (χ1v) is 8.54. The van der Waals surface area contributed by atoms with E-state index in [4.69, 9.17) is 11.6 Å². The average Bonchev–Trinajstić information content (AvgIpc) is 2.53. The normalized spacial score (nSPS) is 15.7. The number of nitrogens with zero attached hydrogens (tertiary/aromatic N) is 3. The van der Waals surface area contributed by atoms with Crippen molar-refractivity contribution >= 4 is 39.1 Å². The molecule has 2 heterocycles. The molecule has 2 N–H and O–H groups in total. The van der Waals surface area contributed by atoms with E-state index in [0.29, 0.717) is 4.31 Å². The number of aromatic nitrogens is 2. The largest absolute Gasteiger partial charge is 0.505 e. The molecule has 25 heavy (non-hydrogen) atoms. The topological polar surface area (TPSA) is 112 Å². The highest BCUT2D eigenvalue weighted by molar-refractivity contribution is 7.89. The number of hydrogen-bond acceptors (Lipinski definition) is 6. The van der Waals surface area contributed by atoms with E-state index in [2.05, 4.69) is 15.3 Å². The molecule has 0 unspecified atom stereocenters. The van der Waals surface area contributed by atoms with Crippen LogP contribution in [0.25, 0.3) is 5.76 Å². The fraction of sp³-hybridized carbons (Fsp3) is 0.0714. The van der Waals surface area contributed by atoms with Crippen molar-refractivity contribution in [1.29, 1.82) is 0 Å². The van der Waals surface area contributed by atoms with Crippen LogP contribution in [0.4, 0.5) is 10.2 Å². The van der Waals surface area contributed by atoms with Gasteiger partial charge in [-0.15, -0.1) is 0 Å². The Bertz CT molecular complexity index is 1030. The zero-order chi connectivity index (χ0) is 18.4. The van der Waals surface area contributed by atoms with E-state index in [1.165, 1.54) is 12.4 Å². The maximum atomic E-state index is 13.4. The molecule has 1 aliphatic heterocycles. The van der Waals surface area contributed by atoms with Crippen LogP contribution in [-0.2, 0) is 14.8 Å². The van der Waals surface area contributed by atoms with Gasteiger partial charge in [-0.1, -0.05) is 11.6 Å². The van der Waals surface area contributed by atoms with E-state index in [-0.39, 0.29) is 16.5 Å².